The molecule has 2 aromatic heterocycles. The van der Waals surface area contributed by atoms with Crippen molar-refractivity contribution in [2.75, 3.05) is 0 Å². The summed E-state index contributed by atoms with van der Waals surface area (Å²) >= 11 is 7.60. The Morgan fingerprint density at radius 2 is 2.00 bits per heavy atom. The first-order valence-corrected chi connectivity index (χ1v) is 10.2. The zero-order chi connectivity index (χ0) is 19.7. The van der Waals surface area contributed by atoms with E-state index < -0.39 is 0 Å². The van der Waals surface area contributed by atoms with Crippen molar-refractivity contribution in [3.63, 3.8) is 0 Å². The first-order chi connectivity index (χ1) is 13.6. The van der Waals surface area contributed by atoms with Gasteiger partial charge in [-0.25, -0.2) is 4.98 Å². The van der Waals surface area contributed by atoms with Gasteiger partial charge < -0.3 is 9.55 Å². The Kier molecular flexibility index (Phi) is 5.19. The number of aryl methyl sites for hydroxylation is 1. The molecule has 0 radical (unpaired) electrons. The quantitative estimate of drug-likeness (QED) is 0.491. The number of aromatic amines is 1. The van der Waals surface area contributed by atoms with Crippen LogP contribution in [-0.4, -0.2) is 24.7 Å². The van der Waals surface area contributed by atoms with Crippen LogP contribution in [0.2, 0.25) is 5.02 Å². The Morgan fingerprint density at radius 3 is 2.79 bits per heavy atom. The molecule has 4 aromatic rings. The molecule has 0 amide bonds. The van der Waals surface area contributed by atoms with Crippen molar-refractivity contribution < 1.29 is 0 Å². The van der Waals surface area contributed by atoms with Gasteiger partial charge in [0, 0.05) is 17.1 Å². The van der Waals surface area contributed by atoms with E-state index in [1.54, 1.807) is 6.07 Å². The maximum atomic E-state index is 12.4. The fraction of sp³-hybridized carbons (Fsp3) is 0.200. The lowest BCUT2D eigenvalue weighted by atomic mass is 10.1. The summed E-state index contributed by atoms with van der Waals surface area (Å²) in [6.07, 6.45) is 0. The number of benzene rings is 2. The number of H-pyrrole nitrogens is 1. The van der Waals surface area contributed by atoms with Crippen molar-refractivity contribution in [3.8, 4) is 11.4 Å². The van der Waals surface area contributed by atoms with E-state index in [1.807, 2.05) is 54.8 Å². The molecule has 142 valence electrons. The average molecular weight is 412 g/mol. The Balaban J connectivity index is 1.63. The van der Waals surface area contributed by atoms with Gasteiger partial charge in [0.05, 0.1) is 16.7 Å². The van der Waals surface area contributed by atoms with Crippen LogP contribution in [0.3, 0.4) is 0 Å². The molecule has 0 saturated carbocycles. The van der Waals surface area contributed by atoms with Crippen LogP contribution in [-0.2, 0) is 12.3 Å². The summed E-state index contributed by atoms with van der Waals surface area (Å²) in [6.45, 7) is 4.72. The number of hydrogen-bond donors (Lipinski definition) is 1. The normalized spacial score (nSPS) is 11.2. The number of fused-ring (bicyclic) bond motifs is 1. The maximum absolute atomic E-state index is 12.4. The van der Waals surface area contributed by atoms with Crippen LogP contribution in [0.4, 0.5) is 0 Å². The van der Waals surface area contributed by atoms with E-state index in [0.29, 0.717) is 22.0 Å². The minimum atomic E-state index is -0.124. The maximum Gasteiger partial charge on any atom is 0.258 e. The molecule has 2 aromatic carbocycles. The number of rotatable bonds is 5. The third kappa shape index (κ3) is 3.55. The highest BCUT2D eigenvalue weighted by molar-refractivity contribution is 7.98. The monoisotopic (exact) mass is 411 g/mol. The largest absolute Gasteiger partial charge is 0.309 e. The first kappa shape index (κ1) is 18.7. The van der Waals surface area contributed by atoms with E-state index >= 15 is 0 Å². The molecule has 0 unspecified atom stereocenters. The number of nitrogens with zero attached hydrogens (tertiary/aromatic N) is 4. The first-order valence-electron chi connectivity index (χ1n) is 8.87. The van der Waals surface area contributed by atoms with Gasteiger partial charge in [0.25, 0.3) is 5.56 Å². The highest BCUT2D eigenvalue weighted by Gasteiger charge is 2.14. The molecular formula is C20H18ClN5OS. The summed E-state index contributed by atoms with van der Waals surface area (Å²) in [5.74, 6) is 1.88. The molecule has 0 bridgehead atoms. The second kappa shape index (κ2) is 7.77. The van der Waals surface area contributed by atoms with Gasteiger partial charge in [0.1, 0.15) is 5.82 Å². The van der Waals surface area contributed by atoms with Crippen LogP contribution in [0.25, 0.3) is 22.3 Å². The number of aromatic nitrogens is 5. The molecule has 8 heteroatoms. The lowest BCUT2D eigenvalue weighted by molar-refractivity contribution is 0.687. The molecule has 28 heavy (non-hydrogen) atoms. The summed E-state index contributed by atoms with van der Waals surface area (Å²) < 4.78 is 2.03. The van der Waals surface area contributed by atoms with Crippen molar-refractivity contribution in [1.82, 2.24) is 24.7 Å². The molecular weight excluding hydrogens is 394 g/mol. The molecule has 0 fully saturated rings. The van der Waals surface area contributed by atoms with Gasteiger partial charge in [-0.15, -0.1) is 10.2 Å². The molecule has 6 nitrogen and oxygen atoms in total. The van der Waals surface area contributed by atoms with E-state index in [9.17, 15) is 4.79 Å². The van der Waals surface area contributed by atoms with Crippen LogP contribution in [0.15, 0.2) is 52.4 Å². The molecule has 0 saturated heterocycles. The molecule has 0 aliphatic rings. The third-order valence-electron chi connectivity index (χ3n) is 4.44. The van der Waals surface area contributed by atoms with Gasteiger partial charge in [-0.1, -0.05) is 47.6 Å². The van der Waals surface area contributed by atoms with E-state index in [4.69, 9.17) is 11.6 Å². The molecule has 0 spiro atoms. The van der Waals surface area contributed by atoms with Crippen molar-refractivity contribution in [1.29, 1.82) is 0 Å². The number of halogens is 1. The number of thioether (sulfide) groups is 1. The summed E-state index contributed by atoms with van der Waals surface area (Å²) in [6, 6.07) is 13.2. The predicted molar refractivity (Wildman–Crippen MR) is 113 cm³/mol. The van der Waals surface area contributed by atoms with E-state index in [2.05, 4.69) is 20.2 Å². The van der Waals surface area contributed by atoms with Crippen LogP contribution < -0.4 is 5.56 Å². The van der Waals surface area contributed by atoms with Crippen molar-refractivity contribution in [2.24, 2.45) is 0 Å². The molecule has 0 aliphatic heterocycles. The zero-order valence-corrected chi connectivity index (χ0v) is 17.0. The third-order valence-corrected chi connectivity index (χ3v) is 5.65. The Bertz CT molecular complexity index is 1220. The van der Waals surface area contributed by atoms with Crippen molar-refractivity contribution >= 4 is 34.3 Å². The standard InChI is InChI=1S/C20H18ClN5OS/c1-3-26-18(13-7-5-8-14(21)10-13)24-25-20(26)28-11-16-22-17-12(2)6-4-9-15(17)19(27)23-16/h4-10H,3,11H2,1-2H3,(H,22,23,27). The molecule has 0 atom stereocenters. The Hall–Kier alpha value is -2.64. The van der Waals surface area contributed by atoms with Gasteiger partial charge in [-0.2, -0.15) is 0 Å². The second-order valence-corrected chi connectivity index (χ2v) is 7.71. The average Bonchev–Trinajstić information content (AvgIpc) is 3.10. The van der Waals surface area contributed by atoms with Gasteiger partial charge >= 0.3 is 0 Å². The van der Waals surface area contributed by atoms with E-state index in [-0.39, 0.29) is 5.56 Å². The topological polar surface area (TPSA) is 76.5 Å². The van der Waals surface area contributed by atoms with E-state index in [1.165, 1.54) is 11.8 Å². The van der Waals surface area contributed by atoms with Crippen LogP contribution >= 0.6 is 23.4 Å². The van der Waals surface area contributed by atoms with Gasteiger partial charge in [0.2, 0.25) is 0 Å². The predicted octanol–water partition coefficient (Wildman–Crippen LogP) is 4.46. The van der Waals surface area contributed by atoms with Crippen molar-refractivity contribution in [3.05, 3.63) is 69.2 Å². The zero-order valence-electron chi connectivity index (χ0n) is 15.4. The summed E-state index contributed by atoms with van der Waals surface area (Å²) in [5.41, 5.74) is 2.51. The number of nitrogens with one attached hydrogen (secondary N) is 1. The SMILES string of the molecule is CCn1c(SCc2nc3c(C)cccc3c(=O)[nH]2)nnc1-c1cccc(Cl)c1. The fourth-order valence-corrected chi connectivity index (χ4v) is 4.14. The lowest BCUT2D eigenvalue weighted by Crippen LogP contribution is -2.12. The smallest absolute Gasteiger partial charge is 0.258 e. The Labute approximate surface area is 171 Å². The minimum Gasteiger partial charge on any atom is -0.309 e. The molecule has 0 aliphatic carbocycles. The Morgan fingerprint density at radius 1 is 1.18 bits per heavy atom. The van der Waals surface area contributed by atoms with Gasteiger partial charge in [-0.05, 0) is 37.6 Å². The molecule has 2 heterocycles. The summed E-state index contributed by atoms with van der Waals surface area (Å²) in [4.78, 5) is 19.9. The summed E-state index contributed by atoms with van der Waals surface area (Å²) in [5, 5.41) is 10.7. The van der Waals surface area contributed by atoms with Crippen LogP contribution in [0.1, 0.15) is 18.3 Å². The van der Waals surface area contributed by atoms with E-state index in [0.717, 1.165) is 34.2 Å². The van der Waals surface area contributed by atoms with Gasteiger partial charge in [0.15, 0.2) is 11.0 Å². The van der Waals surface area contributed by atoms with Gasteiger partial charge in [-0.3, -0.25) is 4.79 Å². The second-order valence-electron chi connectivity index (χ2n) is 6.33. The van der Waals surface area contributed by atoms with Crippen LogP contribution in [0.5, 0.6) is 0 Å². The highest BCUT2D eigenvalue weighted by atomic mass is 35.5. The summed E-state index contributed by atoms with van der Waals surface area (Å²) in [7, 11) is 0. The highest BCUT2D eigenvalue weighted by Crippen LogP contribution is 2.27. The minimum absolute atomic E-state index is 0.124. The molecule has 1 N–H and O–H groups in total. The number of hydrogen-bond acceptors (Lipinski definition) is 5. The number of para-hydroxylation sites is 1. The van der Waals surface area contributed by atoms with Crippen LogP contribution in [0, 0.1) is 6.92 Å². The van der Waals surface area contributed by atoms with Crippen molar-refractivity contribution in [2.45, 2.75) is 31.3 Å². The lowest BCUT2D eigenvalue weighted by Gasteiger charge is -2.08. The molecule has 4 rings (SSSR count). The fourth-order valence-electron chi connectivity index (χ4n) is 3.07.